The minimum absolute atomic E-state index is 0.326. The summed E-state index contributed by atoms with van der Waals surface area (Å²) in [5.41, 5.74) is 3.60. The van der Waals surface area contributed by atoms with E-state index in [2.05, 4.69) is 9.98 Å². The Kier molecular flexibility index (Phi) is 4.04. The van der Waals surface area contributed by atoms with Gasteiger partial charge in [-0.1, -0.05) is 29.8 Å². The van der Waals surface area contributed by atoms with Crippen LogP contribution in [0.3, 0.4) is 0 Å². The molecule has 0 aliphatic carbocycles. The van der Waals surface area contributed by atoms with Crippen molar-refractivity contribution in [3.05, 3.63) is 83.1 Å². The minimum atomic E-state index is -0.326. The van der Waals surface area contributed by atoms with Gasteiger partial charge in [0.1, 0.15) is 11.3 Å². The van der Waals surface area contributed by atoms with Crippen LogP contribution in [0.15, 0.2) is 76.1 Å². The molecule has 25 heavy (non-hydrogen) atoms. The van der Waals surface area contributed by atoms with E-state index in [1.165, 1.54) is 12.1 Å². The highest BCUT2D eigenvalue weighted by atomic mass is 35.5. The van der Waals surface area contributed by atoms with E-state index in [0.29, 0.717) is 27.6 Å². The summed E-state index contributed by atoms with van der Waals surface area (Å²) in [6, 6.07) is 19.0. The molecule has 0 aliphatic heterocycles. The van der Waals surface area contributed by atoms with Gasteiger partial charge in [0, 0.05) is 16.8 Å². The average Bonchev–Trinajstić information content (AvgIpc) is 3.05. The number of benzene rings is 3. The smallest absolute Gasteiger partial charge is 0.227 e. The quantitative estimate of drug-likeness (QED) is 0.422. The molecule has 0 aliphatic rings. The largest absolute Gasteiger partial charge is 0.436 e. The molecule has 3 aromatic carbocycles. The molecule has 0 atom stereocenters. The molecular weight excluding hydrogens is 339 g/mol. The van der Waals surface area contributed by atoms with Gasteiger partial charge in [-0.2, -0.15) is 0 Å². The topological polar surface area (TPSA) is 38.4 Å². The lowest BCUT2D eigenvalue weighted by Crippen LogP contribution is -1.79. The third-order valence-electron chi connectivity index (χ3n) is 3.68. The Bertz CT molecular complexity index is 1070. The van der Waals surface area contributed by atoms with Crippen LogP contribution in [0, 0.1) is 5.82 Å². The average molecular weight is 351 g/mol. The molecule has 0 bridgehead atoms. The number of halogens is 2. The predicted octanol–water partition coefficient (Wildman–Crippen LogP) is 6.04. The third kappa shape index (κ3) is 3.44. The van der Waals surface area contributed by atoms with E-state index in [4.69, 9.17) is 16.0 Å². The maximum atomic E-state index is 13.4. The highest BCUT2D eigenvalue weighted by Crippen LogP contribution is 2.27. The molecule has 0 saturated heterocycles. The maximum Gasteiger partial charge on any atom is 0.227 e. The summed E-state index contributed by atoms with van der Waals surface area (Å²) in [7, 11) is 0. The van der Waals surface area contributed by atoms with Gasteiger partial charge in [-0.25, -0.2) is 9.37 Å². The Morgan fingerprint density at radius 1 is 1.00 bits per heavy atom. The second kappa shape index (κ2) is 6.49. The lowest BCUT2D eigenvalue weighted by Gasteiger charge is -1.94. The molecule has 5 heteroatoms. The van der Waals surface area contributed by atoms with E-state index < -0.39 is 0 Å². The van der Waals surface area contributed by atoms with Crippen molar-refractivity contribution < 1.29 is 8.81 Å². The van der Waals surface area contributed by atoms with Gasteiger partial charge in [0.2, 0.25) is 5.89 Å². The molecule has 0 unspecified atom stereocenters. The number of rotatable bonds is 3. The molecule has 0 N–H and O–H groups in total. The van der Waals surface area contributed by atoms with Gasteiger partial charge < -0.3 is 4.42 Å². The van der Waals surface area contributed by atoms with Gasteiger partial charge >= 0.3 is 0 Å². The first kappa shape index (κ1) is 15.5. The van der Waals surface area contributed by atoms with Crippen LogP contribution in [0.5, 0.6) is 0 Å². The van der Waals surface area contributed by atoms with Crippen molar-refractivity contribution >= 4 is 34.6 Å². The van der Waals surface area contributed by atoms with Crippen LogP contribution in [0.1, 0.15) is 5.56 Å². The molecular formula is C20H12ClFN2O. The molecule has 0 saturated carbocycles. The number of oxazole rings is 1. The van der Waals surface area contributed by atoms with Crippen LogP contribution in [-0.2, 0) is 0 Å². The summed E-state index contributed by atoms with van der Waals surface area (Å²) in [6.45, 7) is 0. The predicted molar refractivity (Wildman–Crippen MR) is 98.1 cm³/mol. The minimum Gasteiger partial charge on any atom is -0.436 e. The van der Waals surface area contributed by atoms with Crippen LogP contribution in [-0.4, -0.2) is 11.2 Å². The number of fused-ring (bicyclic) bond motifs is 1. The second-order valence-corrected chi connectivity index (χ2v) is 5.93. The first-order chi connectivity index (χ1) is 12.2. The van der Waals surface area contributed by atoms with E-state index in [0.717, 1.165) is 11.3 Å². The summed E-state index contributed by atoms with van der Waals surface area (Å²) >= 11 is 5.87. The first-order valence-corrected chi connectivity index (χ1v) is 8.01. The fourth-order valence-electron chi connectivity index (χ4n) is 2.44. The summed E-state index contributed by atoms with van der Waals surface area (Å²) in [5, 5.41) is 0.686. The molecule has 3 nitrogen and oxygen atoms in total. The van der Waals surface area contributed by atoms with Gasteiger partial charge in [-0.15, -0.1) is 0 Å². The van der Waals surface area contributed by atoms with E-state index >= 15 is 0 Å². The second-order valence-electron chi connectivity index (χ2n) is 5.49. The number of hydrogen-bond acceptors (Lipinski definition) is 3. The summed E-state index contributed by atoms with van der Waals surface area (Å²) in [5.74, 6) is 0.0568. The van der Waals surface area contributed by atoms with Crippen LogP contribution < -0.4 is 0 Å². The number of hydrogen-bond donors (Lipinski definition) is 0. The molecule has 1 aromatic heterocycles. The van der Waals surface area contributed by atoms with Crippen molar-refractivity contribution in [1.29, 1.82) is 0 Å². The van der Waals surface area contributed by atoms with Crippen molar-refractivity contribution in [2.24, 2.45) is 4.99 Å². The lowest BCUT2D eigenvalue weighted by atomic mass is 10.2. The highest BCUT2D eigenvalue weighted by Gasteiger charge is 2.09. The van der Waals surface area contributed by atoms with Gasteiger partial charge in [0.15, 0.2) is 5.58 Å². The first-order valence-electron chi connectivity index (χ1n) is 7.63. The zero-order valence-corrected chi connectivity index (χ0v) is 13.7. The molecule has 4 rings (SSSR count). The molecule has 0 fully saturated rings. The summed E-state index contributed by atoms with van der Waals surface area (Å²) < 4.78 is 19.1. The van der Waals surface area contributed by atoms with Crippen LogP contribution >= 0.6 is 11.6 Å². The Hall–Kier alpha value is -2.98. The Morgan fingerprint density at radius 2 is 1.84 bits per heavy atom. The third-order valence-corrected chi connectivity index (χ3v) is 3.93. The van der Waals surface area contributed by atoms with Gasteiger partial charge in [-0.05, 0) is 54.1 Å². The summed E-state index contributed by atoms with van der Waals surface area (Å²) in [4.78, 5) is 8.87. The van der Waals surface area contributed by atoms with E-state index in [1.54, 1.807) is 24.4 Å². The van der Waals surface area contributed by atoms with Crippen molar-refractivity contribution in [1.82, 2.24) is 4.98 Å². The zero-order chi connectivity index (χ0) is 17.2. The number of aromatic nitrogens is 1. The zero-order valence-electron chi connectivity index (χ0n) is 13.0. The monoisotopic (exact) mass is 350 g/mol. The van der Waals surface area contributed by atoms with Gasteiger partial charge in [-0.3, -0.25) is 4.99 Å². The summed E-state index contributed by atoms with van der Waals surface area (Å²) in [6.07, 6.45) is 1.76. The van der Waals surface area contributed by atoms with E-state index in [9.17, 15) is 4.39 Å². The molecule has 0 amide bonds. The van der Waals surface area contributed by atoms with Crippen molar-refractivity contribution in [3.8, 4) is 11.5 Å². The Morgan fingerprint density at radius 3 is 2.64 bits per heavy atom. The van der Waals surface area contributed by atoms with Crippen LogP contribution in [0.2, 0.25) is 5.02 Å². The number of nitrogens with zero attached hydrogens (tertiary/aromatic N) is 2. The number of aliphatic imine (C=N–C) groups is 1. The Balaban J connectivity index is 1.65. The molecule has 122 valence electrons. The van der Waals surface area contributed by atoms with Crippen molar-refractivity contribution in [3.63, 3.8) is 0 Å². The molecule has 0 spiro atoms. The normalized spacial score (nSPS) is 11.4. The highest BCUT2D eigenvalue weighted by molar-refractivity contribution is 6.30. The van der Waals surface area contributed by atoms with Crippen LogP contribution in [0.4, 0.5) is 10.1 Å². The van der Waals surface area contributed by atoms with Crippen LogP contribution in [0.25, 0.3) is 22.6 Å². The fraction of sp³-hybridized carbons (Fsp3) is 0. The standard InChI is InChI=1S/C20H12ClFN2O/c21-15-6-4-13(5-7-15)12-23-17-8-9-19-18(11-17)24-20(25-19)14-2-1-3-16(22)10-14/h1-12H. The molecule has 4 aromatic rings. The van der Waals surface area contributed by atoms with E-state index in [1.807, 2.05) is 36.4 Å². The van der Waals surface area contributed by atoms with Gasteiger partial charge in [0.05, 0.1) is 5.69 Å². The van der Waals surface area contributed by atoms with Crippen molar-refractivity contribution in [2.45, 2.75) is 0 Å². The van der Waals surface area contributed by atoms with Gasteiger partial charge in [0.25, 0.3) is 0 Å². The Labute approximate surface area is 148 Å². The fourth-order valence-corrected chi connectivity index (χ4v) is 2.57. The van der Waals surface area contributed by atoms with Crippen molar-refractivity contribution in [2.75, 3.05) is 0 Å². The SMILES string of the molecule is Fc1cccc(-c2nc3cc(N=Cc4ccc(Cl)cc4)ccc3o2)c1. The molecule has 0 radical (unpaired) electrons. The maximum absolute atomic E-state index is 13.4. The van der Waals surface area contributed by atoms with E-state index in [-0.39, 0.29) is 5.82 Å². The molecule has 1 heterocycles. The lowest BCUT2D eigenvalue weighted by molar-refractivity contribution is 0.611.